The van der Waals surface area contributed by atoms with Crippen molar-refractivity contribution in [2.45, 2.75) is 26.2 Å². The highest BCUT2D eigenvalue weighted by Crippen LogP contribution is 2.41. The van der Waals surface area contributed by atoms with Crippen LogP contribution in [0.3, 0.4) is 0 Å². The molecule has 0 aliphatic rings. The van der Waals surface area contributed by atoms with Crippen LogP contribution in [0.4, 0.5) is 0 Å². The Morgan fingerprint density at radius 1 is 0.595 bits per heavy atom. The maximum absolute atomic E-state index is 5.43. The normalized spacial score (nSPS) is 12.2. The van der Waals surface area contributed by atoms with Crippen LogP contribution in [-0.2, 0) is 5.41 Å². The fraction of sp³-hybridized carbons (Fsp3) is 0.103. The van der Waals surface area contributed by atoms with Crippen molar-refractivity contribution >= 4 is 53.3 Å². The molecule has 202 valence electrons. The van der Waals surface area contributed by atoms with Crippen molar-refractivity contribution in [1.29, 1.82) is 0 Å². The first-order valence-corrected chi connectivity index (χ1v) is 15.3. The maximum Gasteiger partial charge on any atom is 0.145 e. The second-order valence-corrected chi connectivity index (χ2v) is 13.2. The second kappa shape index (κ2) is 9.40. The van der Waals surface area contributed by atoms with E-state index in [-0.39, 0.29) is 5.41 Å². The molecule has 0 saturated carbocycles. The number of imidazole rings is 1. The molecule has 2 aromatic heterocycles. The largest absolute Gasteiger partial charge is 0.292 e. The highest BCUT2D eigenvalue weighted by molar-refractivity contribution is 7.25. The summed E-state index contributed by atoms with van der Waals surface area (Å²) in [6, 6.07) is 46.3. The molecule has 0 bridgehead atoms. The zero-order valence-electron chi connectivity index (χ0n) is 23.9. The molecule has 0 aliphatic heterocycles. The lowest BCUT2D eigenvalue weighted by molar-refractivity contribution is 0.590. The van der Waals surface area contributed by atoms with Crippen molar-refractivity contribution in [3.05, 3.63) is 133 Å². The average Bonchev–Trinajstić information content (AvgIpc) is 3.59. The van der Waals surface area contributed by atoms with Crippen LogP contribution in [0, 0.1) is 0 Å². The molecule has 6 aromatic carbocycles. The monoisotopic (exact) mass is 558 g/mol. The highest BCUT2D eigenvalue weighted by atomic mass is 32.1. The summed E-state index contributed by atoms with van der Waals surface area (Å²) in [5.41, 5.74) is 8.14. The summed E-state index contributed by atoms with van der Waals surface area (Å²) < 4.78 is 4.99. The molecule has 0 aliphatic carbocycles. The molecule has 0 amide bonds. The number of hydrogen-bond donors (Lipinski definition) is 0. The van der Waals surface area contributed by atoms with Gasteiger partial charge in [0.25, 0.3) is 0 Å². The minimum absolute atomic E-state index is 0.0309. The minimum Gasteiger partial charge on any atom is -0.292 e. The fourth-order valence-corrected chi connectivity index (χ4v) is 7.25. The first-order chi connectivity index (χ1) is 20.5. The van der Waals surface area contributed by atoms with Gasteiger partial charge in [0.05, 0.1) is 16.7 Å². The Kier molecular flexibility index (Phi) is 5.60. The lowest BCUT2D eigenvalue weighted by Gasteiger charge is -2.23. The molecule has 0 N–H and O–H groups in total. The van der Waals surface area contributed by atoms with Crippen LogP contribution in [0.2, 0.25) is 0 Å². The molecule has 8 rings (SSSR count). The van der Waals surface area contributed by atoms with E-state index in [4.69, 9.17) is 4.98 Å². The zero-order valence-corrected chi connectivity index (χ0v) is 24.7. The maximum atomic E-state index is 5.43. The van der Waals surface area contributed by atoms with E-state index < -0.39 is 0 Å². The van der Waals surface area contributed by atoms with Gasteiger partial charge >= 0.3 is 0 Å². The van der Waals surface area contributed by atoms with Gasteiger partial charge in [0.15, 0.2) is 0 Å². The molecule has 0 saturated heterocycles. The lowest BCUT2D eigenvalue weighted by Crippen LogP contribution is -2.12. The molecule has 0 spiro atoms. The van der Waals surface area contributed by atoms with Gasteiger partial charge in [-0.15, -0.1) is 11.3 Å². The number of rotatable bonds is 3. The summed E-state index contributed by atoms with van der Waals surface area (Å²) in [6.07, 6.45) is 0. The Bertz CT molecular complexity index is 2280. The molecule has 3 heteroatoms. The zero-order chi connectivity index (χ0) is 28.4. The van der Waals surface area contributed by atoms with Gasteiger partial charge in [0.2, 0.25) is 0 Å². The van der Waals surface area contributed by atoms with Crippen molar-refractivity contribution in [1.82, 2.24) is 9.55 Å². The van der Waals surface area contributed by atoms with E-state index in [0.29, 0.717) is 0 Å². The van der Waals surface area contributed by atoms with Crippen LogP contribution in [0.15, 0.2) is 127 Å². The van der Waals surface area contributed by atoms with Gasteiger partial charge in [-0.2, -0.15) is 0 Å². The first kappa shape index (κ1) is 25.0. The van der Waals surface area contributed by atoms with Gasteiger partial charge in [0, 0.05) is 36.7 Å². The molecule has 0 unspecified atom stereocenters. The Hall–Kier alpha value is -4.73. The Labute approximate surface area is 249 Å². The van der Waals surface area contributed by atoms with E-state index in [9.17, 15) is 0 Å². The van der Waals surface area contributed by atoms with Crippen LogP contribution in [0.25, 0.3) is 70.2 Å². The summed E-state index contributed by atoms with van der Waals surface area (Å²) >= 11 is 1.85. The summed E-state index contributed by atoms with van der Waals surface area (Å²) in [4.78, 5) is 5.43. The van der Waals surface area contributed by atoms with Crippen LogP contribution >= 0.6 is 11.3 Å². The predicted octanol–water partition coefficient (Wildman–Crippen LogP) is 11.2. The Balaban J connectivity index is 1.48. The predicted molar refractivity (Wildman–Crippen MR) is 181 cm³/mol. The second-order valence-electron chi connectivity index (χ2n) is 12.1. The third-order valence-corrected chi connectivity index (χ3v) is 9.52. The summed E-state index contributed by atoms with van der Waals surface area (Å²) in [6.45, 7) is 6.84. The number of aromatic nitrogens is 2. The number of benzene rings is 6. The van der Waals surface area contributed by atoms with Gasteiger partial charge in [-0.25, -0.2) is 4.98 Å². The highest BCUT2D eigenvalue weighted by Gasteiger charge is 2.22. The smallest absolute Gasteiger partial charge is 0.145 e. The molecule has 0 fully saturated rings. The van der Waals surface area contributed by atoms with Crippen LogP contribution < -0.4 is 0 Å². The topological polar surface area (TPSA) is 17.8 Å². The third-order valence-electron chi connectivity index (χ3n) is 8.37. The van der Waals surface area contributed by atoms with E-state index >= 15 is 0 Å². The standard InChI is InChI=1S/C39H30N2S/c1-39(2,3)28-19-21-33(31(24-28)25-11-5-4-6-12-25)41-34-20-17-26-13-7-8-14-29(26)37(34)40-38(41)27-18-22-36-32(23-27)30-15-9-10-16-35(30)42-36/h4-24H,1-3H3. The quantitative estimate of drug-likeness (QED) is 0.211. The molecule has 2 nitrogen and oxygen atoms in total. The summed E-state index contributed by atoms with van der Waals surface area (Å²) in [5.74, 6) is 0.958. The molecule has 8 aromatic rings. The number of nitrogens with zero attached hydrogens (tertiary/aromatic N) is 2. The Morgan fingerprint density at radius 3 is 2.17 bits per heavy atom. The molecule has 42 heavy (non-hydrogen) atoms. The first-order valence-electron chi connectivity index (χ1n) is 14.5. The molecular formula is C39H30N2S. The molecule has 2 heterocycles. The Morgan fingerprint density at radius 2 is 1.33 bits per heavy atom. The number of thiophene rings is 1. The number of fused-ring (bicyclic) bond motifs is 6. The summed E-state index contributed by atoms with van der Waals surface area (Å²) in [5, 5.41) is 4.95. The van der Waals surface area contributed by atoms with E-state index in [1.165, 1.54) is 47.6 Å². The average molecular weight is 559 g/mol. The van der Waals surface area contributed by atoms with E-state index in [0.717, 1.165) is 28.1 Å². The SMILES string of the molecule is CC(C)(C)c1ccc(-n2c(-c3ccc4sc5ccccc5c4c3)nc3c4ccccc4ccc32)c(-c2ccccc2)c1. The van der Waals surface area contributed by atoms with Crippen molar-refractivity contribution < 1.29 is 0 Å². The number of hydrogen-bond acceptors (Lipinski definition) is 2. The van der Waals surface area contributed by atoms with Crippen molar-refractivity contribution in [2.24, 2.45) is 0 Å². The third kappa shape index (κ3) is 3.96. The van der Waals surface area contributed by atoms with Crippen molar-refractivity contribution in [3.63, 3.8) is 0 Å². The van der Waals surface area contributed by atoms with Gasteiger partial charge in [-0.05, 0) is 64.4 Å². The fourth-order valence-electron chi connectivity index (χ4n) is 6.16. The van der Waals surface area contributed by atoms with Gasteiger partial charge < -0.3 is 0 Å². The minimum atomic E-state index is 0.0309. The molecule has 0 radical (unpaired) electrons. The lowest BCUT2D eigenvalue weighted by atomic mass is 9.85. The molecule has 0 atom stereocenters. The van der Waals surface area contributed by atoms with E-state index in [1.54, 1.807) is 0 Å². The van der Waals surface area contributed by atoms with Gasteiger partial charge in [-0.3, -0.25) is 4.57 Å². The van der Waals surface area contributed by atoms with Crippen LogP contribution in [-0.4, -0.2) is 9.55 Å². The van der Waals surface area contributed by atoms with Crippen LogP contribution in [0.1, 0.15) is 26.3 Å². The summed E-state index contributed by atoms with van der Waals surface area (Å²) in [7, 11) is 0. The van der Waals surface area contributed by atoms with E-state index in [1.807, 2.05) is 11.3 Å². The van der Waals surface area contributed by atoms with E-state index in [2.05, 4.69) is 153 Å². The van der Waals surface area contributed by atoms with Crippen molar-refractivity contribution in [2.75, 3.05) is 0 Å². The molecular weight excluding hydrogens is 529 g/mol. The van der Waals surface area contributed by atoms with Gasteiger partial charge in [-0.1, -0.05) is 106 Å². The van der Waals surface area contributed by atoms with Crippen LogP contribution in [0.5, 0.6) is 0 Å². The van der Waals surface area contributed by atoms with Crippen molar-refractivity contribution in [3.8, 4) is 28.2 Å². The van der Waals surface area contributed by atoms with Gasteiger partial charge in [0.1, 0.15) is 5.82 Å².